The Kier molecular flexibility index (Phi) is 3.22. The summed E-state index contributed by atoms with van der Waals surface area (Å²) in [7, 11) is 0. The standard InChI is InChI=1S/C14H15N3O2S/c1-2-4-12-9(3-1)10(8-20-12)14-16-13(17-19-14)11-7-18-6-5-15-11/h1-4,10-11,15H,5-8H2. The van der Waals surface area contributed by atoms with Crippen LogP contribution in [0.1, 0.15) is 29.2 Å². The molecule has 2 unspecified atom stereocenters. The van der Waals surface area contributed by atoms with Gasteiger partial charge in [0.1, 0.15) is 0 Å². The first-order valence-corrected chi connectivity index (χ1v) is 7.77. The minimum atomic E-state index is 0.0468. The molecule has 1 aromatic carbocycles. The Balaban J connectivity index is 1.59. The molecule has 0 saturated carbocycles. The molecule has 5 nitrogen and oxygen atoms in total. The molecule has 0 radical (unpaired) electrons. The quantitative estimate of drug-likeness (QED) is 0.912. The molecule has 0 aliphatic carbocycles. The van der Waals surface area contributed by atoms with Gasteiger partial charge in [-0.05, 0) is 11.6 Å². The van der Waals surface area contributed by atoms with Crippen LogP contribution in [0.4, 0.5) is 0 Å². The van der Waals surface area contributed by atoms with Crippen LogP contribution in [0.5, 0.6) is 0 Å². The summed E-state index contributed by atoms with van der Waals surface area (Å²) in [5.74, 6) is 2.59. The number of rotatable bonds is 2. The molecule has 1 fully saturated rings. The van der Waals surface area contributed by atoms with E-state index < -0.39 is 0 Å². The average Bonchev–Trinajstić information content (AvgIpc) is 3.14. The van der Waals surface area contributed by atoms with E-state index >= 15 is 0 Å². The Morgan fingerprint density at radius 1 is 1.30 bits per heavy atom. The summed E-state index contributed by atoms with van der Waals surface area (Å²) in [5.41, 5.74) is 1.29. The molecule has 1 aromatic heterocycles. The summed E-state index contributed by atoms with van der Waals surface area (Å²) in [4.78, 5) is 5.90. The highest BCUT2D eigenvalue weighted by atomic mass is 32.2. The van der Waals surface area contributed by atoms with Crippen LogP contribution in [-0.4, -0.2) is 35.7 Å². The van der Waals surface area contributed by atoms with Gasteiger partial charge in [0.25, 0.3) is 0 Å². The van der Waals surface area contributed by atoms with Crippen molar-refractivity contribution in [1.29, 1.82) is 0 Å². The zero-order valence-electron chi connectivity index (χ0n) is 10.9. The lowest BCUT2D eigenvalue weighted by atomic mass is 10.0. The van der Waals surface area contributed by atoms with Crippen LogP contribution in [0, 0.1) is 0 Å². The van der Waals surface area contributed by atoms with E-state index in [4.69, 9.17) is 9.26 Å². The number of nitrogens with one attached hydrogen (secondary N) is 1. The number of ether oxygens (including phenoxy) is 1. The van der Waals surface area contributed by atoms with Gasteiger partial charge in [-0.2, -0.15) is 4.98 Å². The lowest BCUT2D eigenvalue weighted by Crippen LogP contribution is -2.35. The maximum absolute atomic E-state index is 5.49. The number of morpholine rings is 1. The number of nitrogens with zero attached hydrogens (tertiary/aromatic N) is 2. The lowest BCUT2D eigenvalue weighted by Gasteiger charge is -2.20. The van der Waals surface area contributed by atoms with Gasteiger partial charge < -0.3 is 14.6 Å². The fraction of sp³-hybridized carbons (Fsp3) is 0.429. The third kappa shape index (κ3) is 2.13. The molecule has 104 valence electrons. The number of hydrogen-bond donors (Lipinski definition) is 1. The molecular weight excluding hydrogens is 274 g/mol. The highest BCUT2D eigenvalue weighted by Crippen LogP contribution is 2.42. The molecule has 0 amide bonds. The summed E-state index contributed by atoms with van der Waals surface area (Å²) in [5, 5.41) is 7.46. The monoisotopic (exact) mass is 289 g/mol. The molecule has 1 N–H and O–H groups in total. The van der Waals surface area contributed by atoms with E-state index in [0.717, 1.165) is 18.9 Å². The van der Waals surface area contributed by atoms with Gasteiger partial charge in [0, 0.05) is 17.2 Å². The first kappa shape index (κ1) is 12.4. The van der Waals surface area contributed by atoms with Gasteiger partial charge in [0.05, 0.1) is 25.2 Å². The van der Waals surface area contributed by atoms with E-state index in [-0.39, 0.29) is 12.0 Å². The Labute approximate surface area is 121 Å². The number of aromatic nitrogens is 2. The molecule has 2 aromatic rings. The van der Waals surface area contributed by atoms with E-state index in [9.17, 15) is 0 Å². The molecule has 6 heteroatoms. The van der Waals surface area contributed by atoms with Crippen LogP contribution in [0.3, 0.4) is 0 Å². The second-order valence-electron chi connectivity index (χ2n) is 4.97. The van der Waals surface area contributed by atoms with Gasteiger partial charge in [-0.25, -0.2) is 0 Å². The summed E-state index contributed by atoms with van der Waals surface area (Å²) in [6, 6.07) is 8.47. The Hall–Kier alpha value is -1.37. The third-order valence-corrected chi connectivity index (χ3v) is 4.87. The Bertz CT molecular complexity index is 610. The van der Waals surface area contributed by atoms with E-state index in [0.29, 0.717) is 18.3 Å². The van der Waals surface area contributed by atoms with Crippen LogP contribution in [0.25, 0.3) is 0 Å². The van der Waals surface area contributed by atoms with Crippen LogP contribution < -0.4 is 5.32 Å². The van der Waals surface area contributed by atoms with Gasteiger partial charge in [0.15, 0.2) is 5.82 Å². The first-order valence-electron chi connectivity index (χ1n) is 6.78. The van der Waals surface area contributed by atoms with Crippen molar-refractivity contribution in [2.75, 3.05) is 25.5 Å². The van der Waals surface area contributed by atoms with Gasteiger partial charge >= 0.3 is 0 Å². The number of benzene rings is 1. The van der Waals surface area contributed by atoms with Crippen LogP contribution in [0.2, 0.25) is 0 Å². The summed E-state index contributed by atoms with van der Waals surface area (Å²) in [6.45, 7) is 2.18. The second kappa shape index (κ2) is 5.20. The Morgan fingerprint density at radius 2 is 2.25 bits per heavy atom. The average molecular weight is 289 g/mol. The molecule has 4 rings (SSSR count). The van der Waals surface area contributed by atoms with Gasteiger partial charge in [-0.1, -0.05) is 23.4 Å². The topological polar surface area (TPSA) is 60.2 Å². The SMILES string of the molecule is c1ccc2c(c1)SCC2c1nc(C2COCCN2)no1. The van der Waals surface area contributed by atoms with Crippen molar-refractivity contribution in [2.45, 2.75) is 16.9 Å². The fourth-order valence-corrected chi connectivity index (χ4v) is 3.85. The van der Waals surface area contributed by atoms with Crippen molar-refractivity contribution < 1.29 is 9.26 Å². The van der Waals surface area contributed by atoms with Crippen molar-refractivity contribution >= 4 is 11.8 Å². The zero-order chi connectivity index (χ0) is 13.4. The smallest absolute Gasteiger partial charge is 0.235 e. The molecule has 20 heavy (non-hydrogen) atoms. The van der Waals surface area contributed by atoms with Crippen LogP contribution in [0.15, 0.2) is 33.7 Å². The highest BCUT2D eigenvalue weighted by Gasteiger charge is 2.30. The maximum Gasteiger partial charge on any atom is 0.235 e. The third-order valence-electron chi connectivity index (χ3n) is 3.69. The molecule has 1 saturated heterocycles. The minimum absolute atomic E-state index is 0.0468. The predicted octanol–water partition coefficient (Wildman–Crippen LogP) is 1.97. The predicted molar refractivity (Wildman–Crippen MR) is 74.9 cm³/mol. The second-order valence-corrected chi connectivity index (χ2v) is 6.04. The largest absolute Gasteiger partial charge is 0.378 e. The molecule has 3 heterocycles. The molecule has 0 bridgehead atoms. The normalized spacial score (nSPS) is 25.6. The first-order chi connectivity index (χ1) is 9.92. The van der Waals surface area contributed by atoms with E-state index in [1.54, 1.807) is 0 Å². The van der Waals surface area contributed by atoms with E-state index in [1.165, 1.54) is 10.5 Å². The van der Waals surface area contributed by atoms with Crippen molar-refractivity contribution in [2.24, 2.45) is 0 Å². The summed E-state index contributed by atoms with van der Waals surface area (Å²) in [6.07, 6.45) is 0. The molecule has 2 aliphatic rings. The molecule has 2 aliphatic heterocycles. The van der Waals surface area contributed by atoms with Gasteiger partial charge in [0.2, 0.25) is 5.89 Å². The van der Waals surface area contributed by atoms with E-state index in [2.05, 4.69) is 39.7 Å². The fourth-order valence-electron chi connectivity index (χ4n) is 2.63. The molecular formula is C14H15N3O2S. The maximum atomic E-state index is 5.49. The van der Waals surface area contributed by atoms with Gasteiger partial charge in [-0.3, -0.25) is 0 Å². The molecule has 2 atom stereocenters. The van der Waals surface area contributed by atoms with Gasteiger partial charge in [-0.15, -0.1) is 11.8 Å². The highest BCUT2D eigenvalue weighted by molar-refractivity contribution is 7.99. The molecule has 0 spiro atoms. The van der Waals surface area contributed by atoms with Crippen molar-refractivity contribution in [3.63, 3.8) is 0 Å². The number of hydrogen-bond acceptors (Lipinski definition) is 6. The minimum Gasteiger partial charge on any atom is -0.378 e. The van der Waals surface area contributed by atoms with Crippen LogP contribution >= 0.6 is 11.8 Å². The number of fused-ring (bicyclic) bond motifs is 1. The summed E-state index contributed by atoms with van der Waals surface area (Å²) >= 11 is 1.85. The van der Waals surface area contributed by atoms with Crippen LogP contribution in [-0.2, 0) is 4.74 Å². The van der Waals surface area contributed by atoms with E-state index in [1.807, 2.05) is 11.8 Å². The van der Waals surface area contributed by atoms with Crippen molar-refractivity contribution in [1.82, 2.24) is 15.5 Å². The summed E-state index contributed by atoms with van der Waals surface area (Å²) < 4.78 is 10.9. The lowest BCUT2D eigenvalue weighted by molar-refractivity contribution is 0.0734. The zero-order valence-corrected chi connectivity index (χ0v) is 11.7. The van der Waals surface area contributed by atoms with Crippen molar-refractivity contribution in [3.05, 3.63) is 41.5 Å². The van der Waals surface area contributed by atoms with Crippen molar-refractivity contribution in [3.8, 4) is 0 Å². The Morgan fingerprint density at radius 3 is 3.15 bits per heavy atom. The number of thioether (sulfide) groups is 1.